The Morgan fingerprint density at radius 2 is 1.84 bits per heavy atom. The van der Waals surface area contributed by atoms with Gasteiger partial charge in [-0.05, 0) is 47.2 Å². The molecule has 1 aliphatic rings. The minimum absolute atomic E-state index is 0.00965. The number of carbonyl (C=O) groups is 1. The maximum atomic E-state index is 12.0. The Hall–Kier alpha value is -1.94. The fraction of sp³-hybridized carbons (Fsp3) is 0.381. The molecule has 3 nitrogen and oxygen atoms in total. The summed E-state index contributed by atoms with van der Waals surface area (Å²) in [5.74, 6) is 0.987. The smallest absolute Gasteiger partial charge is 0.225 e. The molecule has 0 unspecified atom stereocenters. The van der Waals surface area contributed by atoms with Gasteiger partial charge in [-0.25, -0.2) is 0 Å². The third-order valence-corrected chi connectivity index (χ3v) is 5.14. The third kappa shape index (κ3) is 4.18. The third-order valence-electron chi connectivity index (χ3n) is 4.40. The predicted molar refractivity (Wildman–Crippen MR) is 104 cm³/mol. The summed E-state index contributed by atoms with van der Waals surface area (Å²) < 4.78 is 5.98. The lowest BCUT2D eigenvalue weighted by atomic mass is 9.95. The second kappa shape index (κ2) is 7.12. The summed E-state index contributed by atoms with van der Waals surface area (Å²) in [4.78, 5) is 13.3. The van der Waals surface area contributed by atoms with E-state index in [2.05, 4.69) is 48.0 Å². The average molecular weight is 356 g/mol. The van der Waals surface area contributed by atoms with Crippen LogP contribution in [0.1, 0.15) is 26.3 Å². The number of hydrogen-bond acceptors (Lipinski definition) is 3. The molecule has 0 saturated carbocycles. The van der Waals surface area contributed by atoms with E-state index in [-0.39, 0.29) is 17.4 Å². The maximum absolute atomic E-state index is 12.0. The first-order valence-electron chi connectivity index (χ1n) is 8.59. The summed E-state index contributed by atoms with van der Waals surface area (Å²) >= 11 is 1.75. The summed E-state index contributed by atoms with van der Waals surface area (Å²) in [7, 11) is 0. The summed E-state index contributed by atoms with van der Waals surface area (Å²) in [6.07, 6.45) is 2.92. The van der Waals surface area contributed by atoms with Gasteiger partial charge in [0.15, 0.2) is 0 Å². The van der Waals surface area contributed by atoms with Crippen molar-refractivity contribution >= 4 is 17.7 Å². The van der Waals surface area contributed by atoms with Crippen LogP contribution in [0.15, 0.2) is 47.4 Å². The lowest BCUT2D eigenvalue weighted by Crippen LogP contribution is -2.40. The molecular formula is C21H25NO2S. The van der Waals surface area contributed by atoms with E-state index >= 15 is 0 Å². The van der Waals surface area contributed by atoms with Crippen molar-refractivity contribution in [2.75, 3.05) is 12.8 Å². The van der Waals surface area contributed by atoms with E-state index in [0.717, 1.165) is 12.2 Å². The van der Waals surface area contributed by atoms with E-state index in [1.165, 1.54) is 21.6 Å². The standard InChI is InChI=1S/C21H25NO2S/c1-21(2,3)20(23)22-13-17-12-16-11-15(7-10-19(16)24-17)14-5-8-18(25-4)9-6-14/h5-11,17H,12-13H2,1-4H3,(H,22,23)/t17-/m0/s1. The molecule has 3 rings (SSSR count). The van der Waals surface area contributed by atoms with Crippen LogP contribution in [0.4, 0.5) is 0 Å². The molecule has 1 atom stereocenters. The van der Waals surface area contributed by atoms with Crippen molar-refractivity contribution < 1.29 is 9.53 Å². The van der Waals surface area contributed by atoms with Crippen molar-refractivity contribution in [1.29, 1.82) is 0 Å². The molecule has 0 aromatic heterocycles. The molecule has 25 heavy (non-hydrogen) atoms. The molecule has 4 heteroatoms. The van der Waals surface area contributed by atoms with E-state index in [9.17, 15) is 4.79 Å². The van der Waals surface area contributed by atoms with Crippen LogP contribution in [0.2, 0.25) is 0 Å². The van der Waals surface area contributed by atoms with Gasteiger partial charge in [-0.3, -0.25) is 4.79 Å². The van der Waals surface area contributed by atoms with Crippen LogP contribution in [-0.4, -0.2) is 24.8 Å². The summed E-state index contributed by atoms with van der Waals surface area (Å²) in [6.45, 7) is 6.30. The second-order valence-electron chi connectivity index (χ2n) is 7.46. The van der Waals surface area contributed by atoms with Crippen molar-refractivity contribution in [3.63, 3.8) is 0 Å². The normalized spacial score (nSPS) is 16.2. The van der Waals surface area contributed by atoms with Crippen molar-refractivity contribution in [3.05, 3.63) is 48.0 Å². The summed E-state index contributed by atoms with van der Waals surface area (Å²) in [5.41, 5.74) is 3.25. The fourth-order valence-electron chi connectivity index (χ4n) is 2.87. The van der Waals surface area contributed by atoms with E-state index < -0.39 is 0 Å². The molecular weight excluding hydrogens is 330 g/mol. The fourth-order valence-corrected chi connectivity index (χ4v) is 3.28. The van der Waals surface area contributed by atoms with Crippen LogP contribution in [0, 0.1) is 5.41 Å². The molecule has 0 bridgehead atoms. The quantitative estimate of drug-likeness (QED) is 0.818. The Labute approximate surface area is 154 Å². The van der Waals surface area contributed by atoms with Crippen LogP contribution in [0.3, 0.4) is 0 Å². The Balaban J connectivity index is 1.67. The van der Waals surface area contributed by atoms with Gasteiger partial charge in [0, 0.05) is 16.7 Å². The predicted octanol–water partition coefficient (Wildman–Crippen LogP) is 4.54. The first-order valence-corrected chi connectivity index (χ1v) is 9.81. The molecule has 0 aliphatic carbocycles. The Morgan fingerprint density at radius 3 is 2.48 bits per heavy atom. The van der Waals surface area contributed by atoms with Gasteiger partial charge in [-0.1, -0.05) is 39.0 Å². The number of hydrogen-bond donors (Lipinski definition) is 1. The molecule has 0 saturated heterocycles. The first-order chi connectivity index (χ1) is 11.9. The monoisotopic (exact) mass is 355 g/mol. The van der Waals surface area contributed by atoms with Gasteiger partial charge in [0.2, 0.25) is 5.91 Å². The first kappa shape index (κ1) is 17.9. The number of benzene rings is 2. The summed E-state index contributed by atoms with van der Waals surface area (Å²) in [6, 6.07) is 15.0. The van der Waals surface area contributed by atoms with Gasteiger partial charge in [-0.15, -0.1) is 11.8 Å². The van der Waals surface area contributed by atoms with E-state index in [0.29, 0.717) is 6.54 Å². The van der Waals surface area contributed by atoms with Crippen molar-refractivity contribution in [2.45, 2.75) is 38.2 Å². The number of amides is 1. The largest absolute Gasteiger partial charge is 0.488 e. The lowest BCUT2D eigenvalue weighted by molar-refractivity contribution is -0.128. The number of thioether (sulfide) groups is 1. The van der Waals surface area contributed by atoms with Crippen LogP contribution in [-0.2, 0) is 11.2 Å². The zero-order valence-electron chi connectivity index (χ0n) is 15.3. The van der Waals surface area contributed by atoms with Gasteiger partial charge >= 0.3 is 0 Å². The molecule has 0 radical (unpaired) electrons. The molecule has 1 aliphatic heterocycles. The van der Waals surface area contributed by atoms with E-state index in [4.69, 9.17) is 4.74 Å². The number of fused-ring (bicyclic) bond motifs is 1. The minimum atomic E-state index is -0.373. The van der Waals surface area contributed by atoms with Crippen molar-refractivity contribution in [2.24, 2.45) is 5.41 Å². The van der Waals surface area contributed by atoms with Gasteiger partial charge in [-0.2, -0.15) is 0 Å². The number of nitrogens with one attached hydrogen (secondary N) is 1. The number of carbonyl (C=O) groups excluding carboxylic acids is 1. The Kier molecular flexibility index (Phi) is 5.09. The van der Waals surface area contributed by atoms with Gasteiger partial charge in [0.1, 0.15) is 11.9 Å². The Morgan fingerprint density at radius 1 is 1.16 bits per heavy atom. The van der Waals surface area contributed by atoms with Gasteiger partial charge in [0.05, 0.1) is 6.54 Å². The minimum Gasteiger partial charge on any atom is -0.488 e. The van der Waals surface area contributed by atoms with Gasteiger partial charge in [0.25, 0.3) is 0 Å². The van der Waals surface area contributed by atoms with Crippen LogP contribution in [0.5, 0.6) is 5.75 Å². The van der Waals surface area contributed by atoms with E-state index in [1.54, 1.807) is 11.8 Å². The molecule has 1 amide bonds. The highest BCUT2D eigenvalue weighted by molar-refractivity contribution is 7.98. The highest BCUT2D eigenvalue weighted by Crippen LogP contribution is 2.33. The highest BCUT2D eigenvalue weighted by atomic mass is 32.2. The highest BCUT2D eigenvalue weighted by Gasteiger charge is 2.26. The maximum Gasteiger partial charge on any atom is 0.225 e. The SMILES string of the molecule is CSc1ccc(-c2ccc3c(c2)C[C@@H](CNC(=O)C(C)(C)C)O3)cc1. The summed E-state index contributed by atoms with van der Waals surface area (Å²) in [5, 5.41) is 2.99. The average Bonchev–Trinajstić information content (AvgIpc) is 3.00. The molecule has 0 fully saturated rings. The van der Waals surface area contributed by atoms with Gasteiger partial charge < -0.3 is 10.1 Å². The molecule has 2 aromatic rings. The second-order valence-corrected chi connectivity index (χ2v) is 8.33. The number of ether oxygens (including phenoxy) is 1. The zero-order valence-corrected chi connectivity index (χ0v) is 16.1. The number of rotatable bonds is 4. The van der Waals surface area contributed by atoms with Crippen molar-refractivity contribution in [1.82, 2.24) is 5.32 Å². The molecule has 132 valence electrons. The molecule has 2 aromatic carbocycles. The lowest BCUT2D eigenvalue weighted by Gasteiger charge is -2.19. The van der Waals surface area contributed by atoms with Crippen LogP contribution >= 0.6 is 11.8 Å². The molecule has 1 N–H and O–H groups in total. The van der Waals surface area contributed by atoms with E-state index in [1.807, 2.05) is 26.8 Å². The molecule has 1 heterocycles. The molecule has 0 spiro atoms. The Bertz CT molecular complexity index is 762. The van der Waals surface area contributed by atoms with Crippen molar-refractivity contribution in [3.8, 4) is 16.9 Å². The topological polar surface area (TPSA) is 38.3 Å². The van der Waals surface area contributed by atoms with Crippen LogP contribution in [0.25, 0.3) is 11.1 Å². The van der Waals surface area contributed by atoms with Crippen LogP contribution < -0.4 is 10.1 Å². The zero-order chi connectivity index (χ0) is 18.0.